The predicted molar refractivity (Wildman–Crippen MR) is 77.5 cm³/mol. The van der Waals surface area contributed by atoms with Crippen molar-refractivity contribution in [2.24, 2.45) is 0 Å². The minimum atomic E-state index is 0.247. The Morgan fingerprint density at radius 1 is 1.30 bits per heavy atom. The van der Waals surface area contributed by atoms with Gasteiger partial charge in [-0.1, -0.05) is 33.2 Å². The molecule has 1 aromatic carbocycles. The van der Waals surface area contributed by atoms with Crippen LogP contribution in [0.1, 0.15) is 48.9 Å². The van der Waals surface area contributed by atoms with Crippen LogP contribution in [0.25, 0.3) is 0 Å². The average molecular weight is 335 g/mol. The third-order valence-corrected chi connectivity index (χ3v) is 4.12. The van der Waals surface area contributed by atoms with E-state index in [1.165, 1.54) is 0 Å². The Balaban J connectivity index is 1.69. The standard InChI is InChI=1S/C15H15BrN2O2/c16-12-3-1-2-10(8-12)9-14-17-15(20-18-14)11-4-6-13(19)7-5-11/h1-3,8,11H,4-7,9H2. The lowest BCUT2D eigenvalue weighted by atomic mass is 9.88. The lowest BCUT2D eigenvalue weighted by Crippen LogP contribution is -2.12. The Morgan fingerprint density at radius 3 is 2.85 bits per heavy atom. The number of Topliss-reactive ketones (excluding diaryl/α,β-unsaturated/α-hetero) is 1. The molecule has 1 heterocycles. The minimum absolute atomic E-state index is 0.247. The van der Waals surface area contributed by atoms with Crippen LogP contribution in [0.5, 0.6) is 0 Å². The van der Waals surface area contributed by atoms with Gasteiger partial charge in [0.25, 0.3) is 0 Å². The molecular weight excluding hydrogens is 320 g/mol. The van der Waals surface area contributed by atoms with Crippen LogP contribution in [0, 0.1) is 0 Å². The van der Waals surface area contributed by atoms with Crippen molar-refractivity contribution >= 4 is 21.7 Å². The van der Waals surface area contributed by atoms with E-state index in [0.717, 1.165) is 22.9 Å². The van der Waals surface area contributed by atoms with Crippen LogP contribution in [0.15, 0.2) is 33.3 Å². The summed E-state index contributed by atoms with van der Waals surface area (Å²) in [5.74, 6) is 1.98. The van der Waals surface area contributed by atoms with Crippen molar-refractivity contribution in [2.75, 3.05) is 0 Å². The summed E-state index contributed by atoms with van der Waals surface area (Å²) >= 11 is 3.45. The molecule has 104 valence electrons. The van der Waals surface area contributed by atoms with E-state index in [1.54, 1.807) is 0 Å². The Morgan fingerprint density at radius 2 is 2.10 bits per heavy atom. The molecule has 1 fully saturated rings. The van der Waals surface area contributed by atoms with Crippen molar-refractivity contribution in [3.63, 3.8) is 0 Å². The molecular formula is C15H15BrN2O2. The summed E-state index contributed by atoms with van der Waals surface area (Å²) < 4.78 is 6.40. The van der Waals surface area contributed by atoms with Crippen molar-refractivity contribution < 1.29 is 9.32 Å². The van der Waals surface area contributed by atoms with Crippen LogP contribution in [-0.4, -0.2) is 15.9 Å². The molecule has 1 aromatic heterocycles. The third-order valence-electron chi connectivity index (χ3n) is 3.63. The third kappa shape index (κ3) is 3.15. The van der Waals surface area contributed by atoms with Gasteiger partial charge in [-0.3, -0.25) is 4.79 Å². The number of benzene rings is 1. The van der Waals surface area contributed by atoms with Gasteiger partial charge in [0, 0.05) is 29.7 Å². The molecule has 5 heteroatoms. The first-order chi connectivity index (χ1) is 9.70. The fourth-order valence-electron chi connectivity index (χ4n) is 2.52. The molecule has 1 aliphatic rings. The first kappa shape index (κ1) is 13.5. The maximum Gasteiger partial charge on any atom is 0.229 e. The highest BCUT2D eigenvalue weighted by molar-refractivity contribution is 9.10. The minimum Gasteiger partial charge on any atom is -0.339 e. The second-order valence-corrected chi connectivity index (χ2v) is 6.08. The van der Waals surface area contributed by atoms with Crippen molar-refractivity contribution in [1.82, 2.24) is 10.1 Å². The molecule has 2 aromatic rings. The van der Waals surface area contributed by atoms with Crippen LogP contribution in [0.4, 0.5) is 0 Å². The Kier molecular flexibility index (Phi) is 3.96. The summed E-state index contributed by atoms with van der Waals surface area (Å²) in [6, 6.07) is 8.08. The zero-order valence-corrected chi connectivity index (χ0v) is 12.6. The van der Waals surface area contributed by atoms with Crippen molar-refractivity contribution in [1.29, 1.82) is 0 Å². The van der Waals surface area contributed by atoms with Crippen molar-refractivity contribution in [3.8, 4) is 0 Å². The van der Waals surface area contributed by atoms with Gasteiger partial charge in [0.05, 0.1) is 0 Å². The van der Waals surface area contributed by atoms with E-state index in [-0.39, 0.29) is 5.92 Å². The van der Waals surface area contributed by atoms with E-state index >= 15 is 0 Å². The number of hydrogen-bond acceptors (Lipinski definition) is 4. The number of ketones is 1. The van der Waals surface area contributed by atoms with Crippen molar-refractivity contribution in [2.45, 2.75) is 38.0 Å². The lowest BCUT2D eigenvalue weighted by Gasteiger charge is -2.16. The molecule has 3 rings (SSSR count). The Labute approximate surface area is 125 Å². The van der Waals surface area contributed by atoms with Gasteiger partial charge in [-0.25, -0.2) is 0 Å². The van der Waals surface area contributed by atoms with Crippen LogP contribution in [0.3, 0.4) is 0 Å². The summed E-state index contributed by atoms with van der Waals surface area (Å²) in [6.45, 7) is 0. The van der Waals surface area contributed by atoms with Gasteiger partial charge < -0.3 is 4.52 Å². The second kappa shape index (κ2) is 5.87. The monoisotopic (exact) mass is 334 g/mol. The molecule has 0 unspecified atom stereocenters. The summed E-state index contributed by atoms with van der Waals surface area (Å²) in [5, 5.41) is 4.05. The molecule has 20 heavy (non-hydrogen) atoms. The Hall–Kier alpha value is -1.49. The van der Waals surface area contributed by atoms with Gasteiger partial charge >= 0.3 is 0 Å². The van der Waals surface area contributed by atoms with E-state index in [2.05, 4.69) is 32.1 Å². The normalized spacial score (nSPS) is 16.6. The molecule has 0 bridgehead atoms. The number of nitrogens with zero attached hydrogens (tertiary/aromatic N) is 2. The summed E-state index contributed by atoms with van der Waals surface area (Å²) in [7, 11) is 0. The number of halogens is 1. The SMILES string of the molecule is O=C1CCC(c2nc(Cc3cccc(Br)c3)no2)CC1. The van der Waals surface area contributed by atoms with E-state index in [0.29, 0.717) is 36.8 Å². The largest absolute Gasteiger partial charge is 0.339 e. The van der Waals surface area contributed by atoms with Gasteiger partial charge in [-0.2, -0.15) is 4.98 Å². The molecule has 1 aliphatic carbocycles. The average Bonchev–Trinajstić information content (AvgIpc) is 2.88. The van der Waals surface area contributed by atoms with Crippen LogP contribution < -0.4 is 0 Å². The molecule has 0 amide bonds. The molecule has 0 saturated heterocycles. The van der Waals surface area contributed by atoms with Gasteiger partial charge in [-0.15, -0.1) is 0 Å². The van der Waals surface area contributed by atoms with Crippen LogP contribution >= 0.6 is 15.9 Å². The molecule has 1 saturated carbocycles. The number of aromatic nitrogens is 2. The predicted octanol–water partition coefficient (Wildman–Crippen LogP) is 3.65. The first-order valence-electron chi connectivity index (χ1n) is 6.79. The zero-order chi connectivity index (χ0) is 13.9. The number of rotatable bonds is 3. The number of carbonyl (C=O) groups excluding carboxylic acids is 1. The molecule has 0 spiro atoms. The lowest BCUT2D eigenvalue weighted by molar-refractivity contribution is -0.120. The maximum absolute atomic E-state index is 11.2. The fourth-order valence-corrected chi connectivity index (χ4v) is 2.97. The topological polar surface area (TPSA) is 56.0 Å². The molecule has 0 aliphatic heterocycles. The smallest absolute Gasteiger partial charge is 0.229 e. The number of hydrogen-bond donors (Lipinski definition) is 0. The Bertz CT molecular complexity index is 614. The van der Waals surface area contributed by atoms with E-state index < -0.39 is 0 Å². The second-order valence-electron chi connectivity index (χ2n) is 5.17. The summed E-state index contributed by atoms with van der Waals surface area (Å²) in [5.41, 5.74) is 1.14. The van der Waals surface area contributed by atoms with E-state index in [9.17, 15) is 4.79 Å². The highest BCUT2D eigenvalue weighted by Crippen LogP contribution is 2.30. The van der Waals surface area contributed by atoms with Crippen LogP contribution in [0.2, 0.25) is 0 Å². The molecule has 0 atom stereocenters. The first-order valence-corrected chi connectivity index (χ1v) is 7.58. The zero-order valence-electron chi connectivity index (χ0n) is 11.0. The summed E-state index contributed by atoms with van der Waals surface area (Å²) in [4.78, 5) is 15.7. The molecule has 4 nitrogen and oxygen atoms in total. The van der Waals surface area contributed by atoms with Gasteiger partial charge in [0.15, 0.2) is 5.82 Å². The van der Waals surface area contributed by atoms with Gasteiger partial charge in [0.1, 0.15) is 5.78 Å². The van der Waals surface area contributed by atoms with E-state index in [1.807, 2.05) is 18.2 Å². The van der Waals surface area contributed by atoms with Gasteiger partial charge in [0.2, 0.25) is 5.89 Å². The highest BCUT2D eigenvalue weighted by Gasteiger charge is 2.24. The molecule has 0 radical (unpaired) electrons. The number of carbonyl (C=O) groups is 1. The molecule has 0 N–H and O–H groups in total. The fraction of sp³-hybridized carbons (Fsp3) is 0.400. The van der Waals surface area contributed by atoms with Gasteiger partial charge in [-0.05, 0) is 30.5 Å². The maximum atomic E-state index is 11.2. The van der Waals surface area contributed by atoms with E-state index in [4.69, 9.17) is 4.52 Å². The van der Waals surface area contributed by atoms with Crippen molar-refractivity contribution in [3.05, 3.63) is 46.0 Å². The quantitative estimate of drug-likeness (QED) is 0.859. The highest BCUT2D eigenvalue weighted by atomic mass is 79.9. The summed E-state index contributed by atoms with van der Waals surface area (Å²) in [6.07, 6.45) is 3.59. The van der Waals surface area contributed by atoms with Crippen LogP contribution in [-0.2, 0) is 11.2 Å².